The maximum atomic E-state index is 14.2. The molecule has 3 N–H and O–H groups in total. The lowest BCUT2D eigenvalue weighted by Gasteiger charge is -2.29. The monoisotopic (exact) mass is 713 g/mol. The molecule has 0 radical (unpaired) electrons. The maximum absolute atomic E-state index is 14.2. The van der Waals surface area contributed by atoms with Gasteiger partial charge in [-0.15, -0.1) is 0 Å². The Morgan fingerprint density at radius 2 is 1.92 bits per heavy atom. The number of ether oxygens (including phenoxy) is 2. The number of fused-ring (bicyclic) bond motifs is 3. The van der Waals surface area contributed by atoms with Crippen LogP contribution in [0.15, 0.2) is 24.3 Å². The summed E-state index contributed by atoms with van der Waals surface area (Å²) in [6, 6.07) is 3.72. The lowest BCUT2D eigenvalue weighted by Crippen LogP contribution is -2.58. The van der Waals surface area contributed by atoms with Crippen LogP contribution >= 0.6 is 0 Å². The van der Waals surface area contributed by atoms with Gasteiger partial charge in [0.1, 0.15) is 23.7 Å². The van der Waals surface area contributed by atoms with Crippen LogP contribution < -0.4 is 15.4 Å². The molecule has 5 atom stereocenters. The number of sulfonamides is 1. The molecule has 1 saturated heterocycles. The number of carbonyl (C=O) groups is 5. The highest BCUT2D eigenvalue weighted by atomic mass is 32.2. The smallest absolute Gasteiger partial charge is 0.410 e. The zero-order valence-corrected chi connectivity index (χ0v) is 29.5. The van der Waals surface area contributed by atoms with Crippen molar-refractivity contribution in [1.29, 1.82) is 0 Å². The Labute approximate surface area is 292 Å². The Hall–Kier alpha value is -4.14. The number of alkyl carbamates (subject to hydrolysis) is 1. The van der Waals surface area contributed by atoms with Crippen molar-refractivity contribution in [1.82, 2.24) is 25.2 Å². The molecule has 15 heteroatoms. The standard InChI is InChI=1S/C35H47N5O9S/c1-3-5-13-28-31(42)40-20-25(17-29(40)30(41)37-35(18-24(35)4-2)32(43)38-50(46,47)26-14-15-26)49-34(45)39-19-23-12-9-11-22(27(23)21-39)10-7-6-8-16-48-33(44)36-28/h7,9-12,24-26,28-29H,3-6,8,13-21H2,1-2H3,(H,36,44)(H,37,41)(H,38,43)/b10-7+/t24-,25-,28+,29+,35-/m1/s1. The highest BCUT2D eigenvalue weighted by Crippen LogP contribution is 2.47. The van der Waals surface area contributed by atoms with E-state index in [1.54, 1.807) is 4.90 Å². The zero-order chi connectivity index (χ0) is 35.6. The number of cyclic esters (lactones) is 1. The number of hydrogen-bond acceptors (Lipinski definition) is 9. The van der Waals surface area contributed by atoms with Gasteiger partial charge in [0.25, 0.3) is 5.91 Å². The van der Waals surface area contributed by atoms with E-state index in [9.17, 15) is 32.4 Å². The van der Waals surface area contributed by atoms with Gasteiger partial charge < -0.3 is 25.0 Å². The second-order valence-corrected chi connectivity index (χ2v) is 16.0. The molecule has 1 aromatic rings. The van der Waals surface area contributed by atoms with Gasteiger partial charge in [-0.1, -0.05) is 63.5 Å². The summed E-state index contributed by atoms with van der Waals surface area (Å²) in [7, 11) is -3.86. The second-order valence-electron chi connectivity index (χ2n) is 14.1. The topological polar surface area (TPSA) is 181 Å². The van der Waals surface area contributed by atoms with Crippen molar-refractivity contribution in [2.24, 2.45) is 5.92 Å². The number of amides is 5. The number of nitrogens with one attached hydrogen (secondary N) is 3. The highest BCUT2D eigenvalue weighted by molar-refractivity contribution is 7.91. The summed E-state index contributed by atoms with van der Waals surface area (Å²) in [6.45, 7) is 4.54. The molecule has 14 nitrogen and oxygen atoms in total. The van der Waals surface area contributed by atoms with Gasteiger partial charge in [-0.05, 0) is 61.1 Å². The molecule has 4 bridgehead atoms. The van der Waals surface area contributed by atoms with Crippen molar-refractivity contribution in [2.75, 3.05) is 13.2 Å². The van der Waals surface area contributed by atoms with Crippen LogP contribution in [0.25, 0.3) is 6.08 Å². The quantitative estimate of drug-likeness (QED) is 0.347. The number of nitrogens with zero attached hydrogens (tertiary/aromatic N) is 2. The Morgan fingerprint density at radius 1 is 1.12 bits per heavy atom. The van der Waals surface area contributed by atoms with Crippen LogP contribution in [-0.4, -0.2) is 90.3 Å². The predicted octanol–water partition coefficient (Wildman–Crippen LogP) is 3.09. The largest absolute Gasteiger partial charge is 0.450 e. The van der Waals surface area contributed by atoms with Crippen molar-refractivity contribution in [3.8, 4) is 0 Å². The molecule has 50 heavy (non-hydrogen) atoms. The minimum absolute atomic E-state index is 0.0438. The van der Waals surface area contributed by atoms with Gasteiger partial charge in [0, 0.05) is 13.0 Å². The molecular formula is C35H47N5O9S. The molecule has 6 rings (SSSR count). The molecule has 0 aromatic heterocycles. The van der Waals surface area contributed by atoms with E-state index >= 15 is 0 Å². The van der Waals surface area contributed by atoms with Gasteiger partial charge in [-0.25, -0.2) is 18.0 Å². The molecule has 3 fully saturated rings. The van der Waals surface area contributed by atoms with E-state index in [1.807, 2.05) is 44.2 Å². The third-order valence-corrected chi connectivity index (χ3v) is 12.2. The van der Waals surface area contributed by atoms with Crippen LogP contribution in [0, 0.1) is 5.92 Å². The summed E-state index contributed by atoms with van der Waals surface area (Å²) in [5.41, 5.74) is 1.55. The second kappa shape index (κ2) is 14.6. The summed E-state index contributed by atoms with van der Waals surface area (Å²) in [6.07, 6.45) is 6.35. The highest BCUT2D eigenvalue weighted by Gasteiger charge is 2.62. The molecule has 2 aliphatic carbocycles. The number of allylic oxidation sites excluding steroid dienone is 1. The van der Waals surface area contributed by atoms with Crippen molar-refractivity contribution in [3.05, 3.63) is 41.0 Å². The van der Waals surface area contributed by atoms with Crippen molar-refractivity contribution >= 4 is 46.0 Å². The van der Waals surface area contributed by atoms with E-state index in [1.165, 1.54) is 4.90 Å². The molecule has 0 unspecified atom stereocenters. The molecule has 5 amide bonds. The van der Waals surface area contributed by atoms with Crippen molar-refractivity contribution in [2.45, 2.75) is 120 Å². The van der Waals surface area contributed by atoms with Crippen LogP contribution in [0.2, 0.25) is 0 Å². The first-order valence-corrected chi connectivity index (χ1v) is 19.3. The SMILES string of the molecule is CCCC[C@@H]1NC(=O)OCCC/C=C/c2cccc3c2CN(C3)C(=O)O[C@@H]2C[C@@H](C(=O)N[C@]3(C(=O)NS(=O)(=O)C4CC4)C[C@H]3CC)N(C2)C1=O. The first-order valence-electron chi connectivity index (χ1n) is 17.8. The van der Waals surface area contributed by atoms with Gasteiger partial charge in [-0.3, -0.25) is 24.0 Å². The summed E-state index contributed by atoms with van der Waals surface area (Å²) in [5.74, 6) is -2.27. The molecule has 1 aromatic carbocycles. The van der Waals surface area contributed by atoms with Crippen LogP contribution in [0.1, 0.15) is 94.7 Å². The Morgan fingerprint density at radius 3 is 2.64 bits per heavy atom. The molecule has 2 saturated carbocycles. The Balaban J connectivity index is 1.25. The van der Waals surface area contributed by atoms with Crippen LogP contribution in [0.4, 0.5) is 9.59 Å². The van der Waals surface area contributed by atoms with Crippen LogP contribution in [0.5, 0.6) is 0 Å². The zero-order valence-electron chi connectivity index (χ0n) is 28.6. The van der Waals surface area contributed by atoms with Gasteiger partial charge in [0.15, 0.2) is 0 Å². The van der Waals surface area contributed by atoms with E-state index in [4.69, 9.17) is 9.47 Å². The number of rotatable bonds is 9. The summed E-state index contributed by atoms with van der Waals surface area (Å²) in [4.78, 5) is 71.0. The average molecular weight is 714 g/mol. The van der Waals surface area contributed by atoms with Gasteiger partial charge >= 0.3 is 12.2 Å². The average Bonchev–Trinajstić information content (AvgIpc) is 3.98. The Bertz CT molecular complexity index is 1660. The molecule has 272 valence electrons. The van der Waals surface area contributed by atoms with E-state index in [2.05, 4.69) is 15.4 Å². The molecule has 3 aliphatic heterocycles. The molecular weight excluding hydrogens is 666 g/mol. The third kappa shape index (κ3) is 7.62. The number of benzene rings is 1. The fourth-order valence-electron chi connectivity index (χ4n) is 7.25. The first-order chi connectivity index (χ1) is 24.0. The minimum atomic E-state index is -3.86. The lowest BCUT2D eigenvalue weighted by atomic mass is 10.0. The maximum Gasteiger partial charge on any atom is 0.410 e. The Kier molecular flexibility index (Phi) is 10.4. The predicted molar refractivity (Wildman–Crippen MR) is 181 cm³/mol. The lowest BCUT2D eigenvalue weighted by molar-refractivity contribution is -0.141. The van der Waals surface area contributed by atoms with Crippen molar-refractivity contribution in [3.63, 3.8) is 0 Å². The van der Waals surface area contributed by atoms with Crippen LogP contribution in [-0.2, 0) is 47.0 Å². The van der Waals surface area contributed by atoms with E-state index < -0.39 is 68.9 Å². The number of hydrogen-bond donors (Lipinski definition) is 3. The summed E-state index contributed by atoms with van der Waals surface area (Å²) >= 11 is 0. The third-order valence-electron chi connectivity index (χ3n) is 10.4. The number of unbranched alkanes of at least 4 members (excludes halogenated alkanes) is 1. The summed E-state index contributed by atoms with van der Waals surface area (Å²) in [5, 5.41) is 4.87. The molecule has 0 spiro atoms. The van der Waals surface area contributed by atoms with Crippen LogP contribution in [0.3, 0.4) is 0 Å². The van der Waals surface area contributed by atoms with Gasteiger partial charge in [0.2, 0.25) is 21.8 Å². The van der Waals surface area contributed by atoms with Gasteiger partial charge in [-0.2, -0.15) is 0 Å². The van der Waals surface area contributed by atoms with E-state index in [0.717, 1.165) is 23.1 Å². The molecule has 3 heterocycles. The normalized spacial score (nSPS) is 29.1. The minimum Gasteiger partial charge on any atom is -0.450 e. The van der Waals surface area contributed by atoms with Gasteiger partial charge in [0.05, 0.1) is 24.9 Å². The first kappa shape index (κ1) is 35.7. The van der Waals surface area contributed by atoms with Crippen molar-refractivity contribution < 1.29 is 41.9 Å². The fraction of sp³-hybridized carbons (Fsp3) is 0.629. The number of carbonyl (C=O) groups excluding carboxylic acids is 5. The van der Waals surface area contributed by atoms with E-state index in [-0.39, 0.29) is 31.9 Å². The molecule has 5 aliphatic rings. The fourth-order valence-corrected chi connectivity index (χ4v) is 8.61. The summed E-state index contributed by atoms with van der Waals surface area (Å²) < 4.78 is 38.8. The van der Waals surface area contributed by atoms with E-state index in [0.29, 0.717) is 58.0 Å².